The van der Waals surface area contributed by atoms with Crippen LogP contribution in [0.15, 0.2) is 53.4 Å². The SMILES string of the molecule is CSc1cccc(NC(=O)[C@H](C)NC(=O)N2CCN(c3ccc(F)cc3)CC2)c1. The van der Waals surface area contributed by atoms with E-state index >= 15 is 0 Å². The standard InChI is InChI=1S/C21H25FN4O2S/c1-15(20(27)24-17-4-3-5-19(14-17)29-2)23-21(28)26-12-10-25(11-13-26)18-8-6-16(22)7-9-18/h3-9,14-15H,10-13H2,1-2H3,(H,23,28)(H,24,27)/t15-/m0/s1. The molecule has 1 heterocycles. The van der Waals surface area contributed by atoms with Crippen molar-refractivity contribution in [2.75, 3.05) is 42.7 Å². The Labute approximate surface area is 174 Å². The van der Waals surface area contributed by atoms with Crippen molar-refractivity contribution in [1.82, 2.24) is 10.2 Å². The van der Waals surface area contributed by atoms with E-state index in [1.165, 1.54) is 12.1 Å². The smallest absolute Gasteiger partial charge is 0.318 e. The lowest BCUT2D eigenvalue weighted by Gasteiger charge is -2.36. The number of halogens is 1. The molecule has 1 saturated heterocycles. The summed E-state index contributed by atoms with van der Waals surface area (Å²) < 4.78 is 13.1. The van der Waals surface area contributed by atoms with Crippen LogP contribution in [0.25, 0.3) is 0 Å². The first-order chi connectivity index (χ1) is 14.0. The second-order valence-electron chi connectivity index (χ2n) is 6.84. The van der Waals surface area contributed by atoms with Crippen LogP contribution in [-0.4, -0.2) is 55.3 Å². The summed E-state index contributed by atoms with van der Waals surface area (Å²) in [6.45, 7) is 4.04. The van der Waals surface area contributed by atoms with Gasteiger partial charge in [-0.25, -0.2) is 9.18 Å². The van der Waals surface area contributed by atoms with Gasteiger partial charge in [-0.05, 0) is 55.6 Å². The molecular weight excluding hydrogens is 391 g/mol. The predicted molar refractivity (Wildman–Crippen MR) is 115 cm³/mol. The molecule has 2 aromatic rings. The number of carbonyl (C=O) groups excluding carboxylic acids is 2. The molecule has 2 aromatic carbocycles. The van der Waals surface area contributed by atoms with E-state index in [-0.39, 0.29) is 17.8 Å². The molecule has 6 nitrogen and oxygen atoms in total. The number of rotatable bonds is 5. The highest BCUT2D eigenvalue weighted by Crippen LogP contribution is 2.19. The zero-order chi connectivity index (χ0) is 20.8. The van der Waals surface area contributed by atoms with Gasteiger partial charge in [0.1, 0.15) is 11.9 Å². The minimum absolute atomic E-state index is 0.260. The van der Waals surface area contributed by atoms with Gasteiger partial charge < -0.3 is 20.4 Å². The number of nitrogens with one attached hydrogen (secondary N) is 2. The third-order valence-corrected chi connectivity index (χ3v) is 5.55. The Kier molecular flexibility index (Phi) is 6.98. The van der Waals surface area contributed by atoms with Crippen LogP contribution in [0.3, 0.4) is 0 Å². The summed E-state index contributed by atoms with van der Waals surface area (Å²) in [6.07, 6.45) is 1.97. The number of urea groups is 1. The number of anilines is 2. The van der Waals surface area contributed by atoms with Gasteiger partial charge in [-0.1, -0.05) is 6.07 Å². The number of amides is 3. The Balaban J connectivity index is 1.48. The van der Waals surface area contributed by atoms with Crippen LogP contribution in [0.1, 0.15) is 6.92 Å². The van der Waals surface area contributed by atoms with Crippen LogP contribution in [0.2, 0.25) is 0 Å². The van der Waals surface area contributed by atoms with Gasteiger partial charge in [0, 0.05) is 42.4 Å². The molecule has 1 aliphatic rings. The molecule has 0 spiro atoms. The molecule has 3 amide bonds. The normalized spacial score (nSPS) is 15.0. The maximum Gasteiger partial charge on any atom is 0.318 e. The topological polar surface area (TPSA) is 64.7 Å². The molecule has 1 atom stereocenters. The van der Waals surface area contributed by atoms with Gasteiger partial charge in [-0.2, -0.15) is 0 Å². The first-order valence-corrected chi connectivity index (χ1v) is 10.7. The van der Waals surface area contributed by atoms with E-state index in [0.717, 1.165) is 10.6 Å². The molecule has 29 heavy (non-hydrogen) atoms. The molecule has 0 saturated carbocycles. The number of hydrogen-bond donors (Lipinski definition) is 2. The number of nitrogens with zero attached hydrogens (tertiary/aromatic N) is 2. The van der Waals surface area contributed by atoms with E-state index in [1.807, 2.05) is 30.5 Å². The van der Waals surface area contributed by atoms with Crippen LogP contribution in [-0.2, 0) is 4.79 Å². The molecule has 2 N–H and O–H groups in total. The van der Waals surface area contributed by atoms with Crippen molar-refractivity contribution < 1.29 is 14.0 Å². The van der Waals surface area contributed by atoms with Gasteiger partial charge in [0.15, 0.2) is 0 Å². The highest BCUT2D eigenvalue weighted by Gasteiger charge is 2.24. The van der Waals surface area contributed by atoms with E-state index in [9.17, 15) is 14.0 Å². The average Bonchev–Trinajstić information content (AvgIpc) is 2.74. The summed E-state index contributed by atoms with van der Waals surface area (Å²) in [4.78, 5) is 29.8. The van der Waals surface area contributed by atoms with Gasteiger partial charge in [0.25, 0.3) is 0 Å². The molecule has 0 bridgehead atoms. The lowest BCUT2D eigenvalue weighted by Crippen LogP contribution is -2.54. The quantitative estimate of drug-likeness (QED) is 0.734. The van der Waals surface area contributed by atoms with Crippen LogP contribution in [0, 0.1) is 5.82 Å². The van der Waals surface area contributed by atoms with E-state index in [0.29, 0.717) is 31.9 Å². The van der Waals surface area contributed by atoms with Crippen LogP contribution >= 0.6 is 11.8 Å². The number of carbonyl (C=O) groups is 2. The Morgan fingerprint density at radius 1 is 1.07 bits per heavy atom. The van der Waals surface area contributed by atoms with E-state index in [1.54, 1.807) is 35.7 Å². The average molecular weight is 417 g/mol. The second-order valence-corrected chi connectivity index (χ2v) is 7.72. The highest BCUT2D eigenvalue weighted by molar-refractivity contribution is 7.98. The summed E-state index contributed by atoms with van der Waals surface area (Å²) in [5.74, 6) is -0.527. The molecule has 0 radical (unpaired) electrons. The monoisotopic (exact) mass is 416 g/mol. The van der Waals surface area contributed by atoms with Crippen molar-refractivity contribution in [1.29, 1.82) is 0 Å². The van der Waals surface area contributed by atoms with Gasteiger partial charge in [0.05, 0.1) is 0 Å². The Bertz CT molecular complexity index is 854. The lowest BCUT2D eigenvalue weighted by atomic mass is 10.2. The molecule has 154 valence electrons. The molecule has 8 heteroatoms. The zero-order valence-electron chi connectivity index (χ0n) is 16.5. The summed E-state index contributed by atoms with van der Waals surface area (Å²) in [5, 5.41) is 5.60. The predicted octanol–water partition coefficient (Wildman–Crippen LogP) is 3.41. The van der Waals surface area contributed by atoms with E-state index < -0.39 is 6.04 Å². The third kappa shape index (κ3) is 5.63. The van der Waals surface area contributed by atoms with Crippen LogP contribution in [0.5, 0.6) is 0 Å². The Hall–Kier alpha value is -2.74. The minimum atomic E-state index is -0.657. The van der Waals surface area contributed by atoms with Crippen molar-refractivity contribution >= 4 is 35.1 Å². The maximum atomic E-state index is 13.1. The largest absolute Gasteiger partial charge is 0.368 e. The van der Waals surface area contributed by atoms with Crippen molar-refractivity contribution in [3.8, 4) is 0 Å². The fraction of sp³-hybridized carbons (Fsp3) is 0.333. The van der Waals surface area contributed by atoms with Gasteiger partial charge in [-0.15, -0.1) is 11.8 Å². The van der Waals surface area contributed by atoms with Crippen molar-refractivity contribution in [2.45, 2.75) is 17.9 Å². The van der Waals surface area contributed by atoms with Gasteiger partial charge in [-0.3, -0.25) is 4.79 Å². The Morgan fingerprint density at radius 2 is 1.76 bits per heavy atom. The number of benzene rings is 2. The molecule has 3 rings (SSSR count). The molecule has 1 fully saturated rings. The summed E-state index contributed by atoms with van der Waals surface area (Å²) in [5.41, 5.74) is 1.64. The fourth-order valence-electron chi connectivity index (χ4n) is 3.11. The lowest BCUT2D eigenvalue weighted by molar-refractivity contribution is -0.117. The second kappa shape index (κ2) is 9.65. The molecule has 0 aromatic heterocycles. The first-order valence-electron chi connectivity index (χ1n) is 9.47. The fourth-order valence-corrected chi connectivity index (χ4v) is 3.57. The maximum absolute atomic E-state index is 13.1. The number of hydrogen-bond acceptors (Lipinski definition) is 4. The van der Waals surface area contributed by atoms with Crippen LogP contribution in [0.4, 0.5) is 20.6 Å². The van der Waals surface area contributed by atoms with E-state index in [4.69, 9.17) is 0 Å². The highest BCUT2D eigenvalue weighted by atomic mass is 32.2. The first kappa shape index (κ1) is 21.0. The van der Waals surface area contributed by atoms with Crippen molar-refractivity contribution in [2.24, 2.45) is 0 Å². The van der Waals surface area contributed by atoms with Crippen molar-refractivity contribution in [3.05, 3.63) is 54.3 Å². The van der Waals surface area contributed by atoms with Gasteiger partial charge >= 0.3 is 6.03 Å². The van der Waals surface area contributed by atoms with Crippen LogP contribution < -0.4 is 15.5 Å². The summed E-state index contributed by atoms with van der Waals surface area (Å²) in [6, 6.07) is 13.0. The van der Waals surface area contributed by atoms with E-state index in [2.05, 4.69) is 15.5 Å². The molecule has 0 unspecified atom stereocenters. The summed E-state index contributed by atoms with van der Waals surface area (Å²) >= 11 is 1.60. The number of thioether (sulfide) groups is 1. The van der Waals surface area contributed by atoms with Crippen molar-refractivity contribution in [3.63, 3.8) is 0 Å². The summed E-state index contributed by atoms with van der Waals surface area (Å²) in [7, 11) is 0. The molecule has 0 aliphatic carbocycles. The van der Waals surface area contributed by atoms with Gasteiger partial charge in [0.2, 0.25) is 5.91 Å². The molecular formula is C21H25FN4O2S. The Morgan fingerprint density at radius 3 is 2.41 bits per heavy atom. The minimum Gasteiger partial charge on any atom is -0.368 e. The number of piperazine rings is 1. The third-order valence-electron chi connectivity index (χ3n) is 4.83. The zero-order valence-corrected chi connectivity index (χ0v) is 17.3. The molecule has 1 aliphatic heterocycles.